The molecule has 33 heavy (non-hydrogen) atoms. The van der Waals surface area contributed by atoms with E-state index in [2.05, 4.69) is 25.8 Å². The molecule has 0 bridgehead atoms. The van der Waals surface area contributed by atoms with Crippen LogP contribution in [-0.4, -0.2) is 54.2 Å². The number of hydrogen-bond donors (Lipinski definition) is 1. The lowest BCUT2D eigenvalue weighted by atomic mass is 10.1. The number of pyridine rings is 2. The Morgan fingerprint density at radius 3 is 2.67 bits per heavy atom. The topological polar surface area (TPSA) is 61.5 Å². The molecule has 7 heteroatoms. The van der Waals surface area contributed by atoms with Crippen molar-refractivity contribution < 1.29 is 9.13 Å². The zero-order valence-electron chi connectivity index (χ0n) is 18.5. The summed E-state index contributed by atoms with van der Waals surface area (Å²) in [6.45, 7) is 5.59. The molecule has 0 spiro atoms. The molecular weight excluding hydrogens is 419 g/mol. The van der Waals surface area contributed by atoms with Crippen LogP contribution < -0.4 is 15.2 Å². The number of unbranched alkanes of at least 4 members (excludes halogenated alkanes) is 1. The van der Waals surface area contributed by atoms with Gasteiger partial charge in [0.2, 0.25) is 11.4 Å². The van der Waals surface area contributed by atoms with Gasteiger partial charge in [0.1, 0.15) is 11.5 Å². The molecule has 5 rings (SSSR count). The Bertz CT molecular complexity index is 1310. The highest BCUT2D eigenvalue weighted by Crippen LogP contribution is 2.28. The zero-order valence-corrected chi connectivity index (χ0v) is 18.5. The molecule has 4 aromatic rings. The number of halogens is 1. The molecule has 1 N–H and O–H groups in total. The molecule has 1 aliphatic heterocycles. The van der Waals surface area contributed by atoms with Gasteiger partial charge in [0.15, 0.2) is 0 Å². The van der Waals surface area contributed by atoms with Gasteiger partial charge in [-0.2, -0.15) is 4.98 Å². The monoisotopic (exact) mass is 446 g/mol. The second-order valence-corrected chi connectivity index (χ2v) is 8.44. The van der Waals surface area contributed by atoms with Crippen molar-refractivity contribution in [3.05, 3.63) is 76.8 Å². The predicted octanol–water partition coefficient (Wildman–Crippen LogP) is 4.20. The number of aromatic amines is 1. The van der Waals surface area contributed by atoms with Crippen LogP contribution in [0.1, 0.15) is 12.8 Å². The largest absolute Gasteiger partial charge is 0.478 e. The van der Waals surface area contributed by atoms with Crippen molar-refractivity contribution in [1.82, 2.24) is 14.9 Å². The molecule has 1 saturated heterocycles. The lowest BCUT2D eigenvalue weighted by molar-refractivity contribution is 0.237. The van der Waals surface area contributed by atoms with E-state index in [1.165, 1.54) is 17.8 Å². The Morgan fingerprint density at radius 2 is 1.79 bits per heavy atom. The molecule has 170 valence electrons. The van der Waals surface area contributed by atoms with Gasteiger partial charge < -0.3 is 14.6 Å². The fraction of sp³-hybridized carbons (Fsp3) is 0.308. The SMILES string of the molecule is O=c1ccc2ccc(OCCCCN3CCN(c4cccc5cc(F)ccc45)CC3)nc2[nH]1. The summed E-state index contributed by atoms with van der Waals surface area (Å²) in [6.07, 6.45) is 2.00. The van der Waals surface area contributed by atoms with Gasteiger partial charge in [-0.15, -0.1) is 0 Å². The number of benzene rings is 2. The normalized spacial score (nSPS) is 14.8. The lowest BCUT2D eigenvalue weighted by Gasteiger charge is -2.36. The number of fused-ring (bicyclic) bond motifs is 2. The molecule has 0 saturated carbocycles. The van der Waals surface area contributed by atoms with Crippen molar-refractivity contribution in [3.63, 3.8) is 0 Å². The predicted molar refractivity (Wildman–Crippen MR) is 130 cm³/mol. The second kappa shape index (κ2) is 9.58. The van der Waals surface area contributed by atoms with Gasteiger partial charge in [-0.1, -0.05) is 12.1 Å². The van der Waals surface area contributed by atoms with Crippen LogP contribution in [0.5, 0.6) is 5.88 Å². The van der Waals surface area contributed by atoms with Crippen molar-refractivity contribution >= 4 is 27.5 Å². The third-order valence-corrected chi connectivity index (χ3v) is 6.21. The molecule has 1 fully saturated rings. The Labute approximate surface area is 191 Å². The number of nitrogens with one attached hydrogen (secondary N) is 1. The number of aromatic nitrogens is 2. The van der Waals surface area contributed by atoms with Crippen LogP contribution in [0.4, 0.5) is 10.1 Å². The quantitative estimate of drug-likeness (QED) is 0.431. The maximum atomic E-state index is 13.6. The lowest BCUT2D eigenvalue weighted by Crippen LogP contribution is -2.46. The molecular formula is C26H27FN4O2. The first-order chi connectivity index (χ1) is 16.2. The van der Waals surface area contributed by atoms with E-state index < -0.39 is 0 Å². The Kier molecular flexibility index (Phi) is 6.21. The van der Waals surface area contributed by atoms with Crippen molar-refractivity contribution in [2.24, 2.45) is 0 Å². The number of rotatable bonds is 7. The number of hydrogen-bond acceptors (Lipinski definition) is 5. The summed E-state index contributed by atoms with van der Waals surface area (Å²) >= 11 is 0. The second-order valence-electron chi connectivity index (χ2n) is 8.44. The number of piperazine rings is 1. The minimum atomic E-state index is -0.195. The molecule has 3 heterocycles. The summed E-state index contributed by atoms with van der Waals surface area (Å²) in [5.41, 5.74) is 1.57. The van der Waals surface area contributed by atoms with Gasteiger partial charge in [0.25, 0.3) is 0 Å². The number of anilines is 1. The van der Waals surface area contributed by atoms with Crippen LogP contribution in [-0.2, 0) is 0 Å². The van der Waals surface area contributed by atoms with Gasteiger partial charge in [-0.05, 0) is 61.2 Å². The smallest absolute Gasteiger partial charge is 0.249 e. The minimum absolute atomic E-state index is 0.165. The Morgan fingerprint density at radius 1 is 0.939 bits per heavy atom. The fourth-order valence-corrected chi connectivity index (χ4v) is 4.43. The summed E-state index contributed by atoms with van der Waals surface area (Å²) in [5, 5.41) is 2.94. The van der Waals surface area contributed by atoms with Crippen molar-refractivity contribution in [2.45, 2.75) is 12.8 Å². The standard InChI is InChI=1S/C26H27FN4O2/c27-21-8-9-22-20(18-21)4-3-5-23(22)31-15-13-30(14-16-31)12-1-2-17-33-25-11-7-19-6-10-24(32)28-26(19)29-25/h3-11,18H,1-2,12-17H2,(H,28,29,32). The third-order valence-electron chi connectivity index (χ3n) is 6.21. The molecule has 0 aliphatic carbocycles. The van der Waals surface area contributed by atoms with Crippen molar-refractivity contribution in [2.75, 3.05) is 44.2 Å². The van der Waals surface area contributed by atoms with Gasteiger partial charge in [0.05, 0.1) is 6.61 Å². The van der Waals surface area contributed by atoms with Gasteiger partial charge >= 0.3 is 0 Å². The van der Waals surface area contributed by atoms with Gasteiger partial charge in [-0.25, -0.2) is 4.39 Å². The van der Waals surface area contributed by atoms with Crippen LogP contribution in [0.2, 0.25) is 0 Å². The van der Waals surface area contributed by atoms with E-state index >= 15 is 0 Å². The Hall–Kier alpha value is -3.45. The van der Waals surface area contributed by atoms with E-state index in [1.54, 1.807) is 12.1 Å². The first-order valence-electron chi connectivity index (χ1n) is 11.4. The van der Waals surface area contributed by atoms with E-state index in [1.807, 2.05) is 30.3 Å². The maximum absolute atomic E-state index is 13.6. The summed E-state index contributed by atoms with van der Waals surface area (Å²) in [7, 11) is 0. The first-order valence-corrected chi connectivity index (χ1v) is 11.4. The van der Waals surface area contributed by atoms with Crippen LogP contribution in [0.15, 0.2) is 65.5 Å². The fourth-order valence-electron chi connectivity index (χ4n) is 4.43. The van der Waals surface area contributed by atoms with E-state index in [9.17, 15) is 9.18 Å². The molecule has 2 aromatic carbocycles. The molecule has 2 aromatic heterocycles. The van der Waals surface area contributed by atoms with E-state index in [4.69, 9.17) is 4.74 Å². The van der Waals surface area contributed by atoms with Gasteiger partial charge in [0, 0.05) is 54.8 Å². The van der Waals surface area contributed by atoms with Crippen LogP contribution >= 0.6 is 0 Å². The molecule has 0 unspecified atom stereocenters. The number of ether oxygens (including phenoxy) is 1. The molecule has 0 radical (unpaired) electrons. The number of nitrogens with zero attached hydrogens (tertiary/aromatic N) is 3. The molecule has 0 amide bonds. The summed E-state index contributed by atoms with van der Waals surface area (Å²) in [6, 6.07) is 18.1. The summed E-state index contributed by atoms with van der Waals surface area (Å²) < 4.78 is 19.3. The van der Waals surface area contributed by atoms with Gasteiger partial charge in [-0.3, -0.25) is 9.69 Å². The average Bonchev–Trinajstić information content (AvgIpc) is 2.83. The number of H-pyrrole nitrogens is 1. The third kappa shape index (κ3) is 4.98. The summed E-state index contributed by atoms with van der Waals surface area (Å²) in [5.74, 6) is 0.340. The molecule has 6 nitrogen and oxygen atoms in total. The van der Waals surface area contributed by atoms with E-state index in [0.717, 1.165) is 61.7 Å². The molecule has 0 atom stereocenters. The Balaban J connectivity index is 1.07. The van der Waals surface area contributed by atoms with Crippen molar-refractivity contribution in [3.8, 4) is 5.88 Å². The highest BCUT2D eigenvalue weighted by atomic mass is 19.1. The zero-order chi connectivity index (χ0) is 22.6. The van der Waals surface area contributed by atoms with E-state index in [0.29, 0.717) is 18.1 Å². The first kappa shape index (κ1) is 21.4. The highest BCUT2D eigenvalue weighted by molar-refractivity contribution is 5.94. The summed E-state index contributed by atoms with van der Waals surface area (Å²) in [4.78, 5) is 23.4. The highest BCUT2D eigenvalue weighted by Gasteiger charge is 2.18. The van der Waals surface area contributed by atoms with Crippen LogP contribution in [0, 0.1) is 5.82 Å². The average molecular weight is 447 g/mol. The van der Waals surface area contributed by atoms with Crippen LogP contribution in [0.25, 0.3) is 21.8 Å². The maximum Gasteiger partial charge on any atom is 0.249 e. The minimum Gasteiger partial charge on any atom is -0.478 e. The molecule has 1 aliphatic rings. The van der Waals surface area contributed by atoms with Crippen molar-refractivity contribution in [1.29, 1.82) is 0 Å². The van der Waals surface area contributed by atoms with E-state index in [-0.39, 0.29) is 11.4 Å². The van der Waals surface area contributed by atoms with Crippen LogP contribution in [0.3, 0.4) is 0 Å².